The van der Waals surface area contributed by atoms with Crippen LogP contribution in [0.15, 0.2) is 36.5 Å². The zero-order valence-electron chi connectivity index (χ0n) is 10.1. The molecule has 6 heteroatoms. The summed E-state index contributed by atoms with van der Waals surface area (Å²) in [7, 11) is 0. The predicted octanol–water partition coefficient (Wildman–Crippen LogP) is 1.90. The van der Waals surface area contributed by atoms with Crippen LogP contribution in [0, 0.1) is 5.82 Å². The number of nitrogens with zero attached hydrogens (tertiary/aromatic N) is 2. The van der Waals surface area contributed by atoms with Gasteiger partial charge >= 0.3 is 0 Å². The van der Waals surface area contributed by atoms with E-state index in [1.165, 1.54) is 12.3 Å². The number of halogens is 1. The van der Waals surface area contributed by atoms with Crippen LogP contribution in [0.2, 0.25) is 0 Å². The Balaban J connectivity index is 2.00. The minimum absolute atomic E-state index is 0.210. The average molecular weight is 276 g/mol. The van der Waals surface area contributed by atoms with E-state index in [2.05, 4.69) is 15.5 Å². The van der Waals surface area contributed by atoms with Gasteiger partial charge in [-0.1, -0.05) is 30.4 Å². The highest BCUT2D eigenvalue weighted by molar-refractivity contribution is 7.80. The van der Waals surface area contributed by atoms with Crippen LogP contribution in [0.25, 0.3) is 0 Å². The first-order valence-electron chi connectivity index (χ1n) is 5.77. The van der Waals surface area contributed by atoms with E-state index in [-0.39, 0.29) is 10.8 Å². The second-order valence-electron chi connectivity index (χ2n) is 3.93. The van der Waals surface area contributed by atoms with Gasteiger partial charge in [0.05, 0.1) is 11.8 Å². The molecule has 0 aliphatic heterocycles. The third kappa shape index (κ3) is 3.45. The van der Waals surface area contributed by atoms with Crippen LogP contribution in [0.1, 0.15) is 11.1 Å². The molecule has 0 fully saturated rings. The first-order chi connectivity index (χ1) is 9.18. The summed E-state index contributed by atoms with van der Waals surface area (Å²) in [5, 5.41) is 10.8. The molecule has 4 nitrogen and oxygen atoms in total. The third-order valence-electron chi connectivity index (χ3n) is 2.63. The summed E-state index contributed by atoms with van der Waals surface area (Å²) in [5.41, 5.74) is 6.87. The maximum Gasteiger partial charge on any atom is 0.158 e. The Kier molecular flexibility index (Phi) is 4.35. The molecule has 1 aromatic carbocycles. The number of benzene rings is 1. The topological polar surface area (TPSA) is 63.8 Å². The van der Waals surface area contributed by atoms with Crippen LogP contribution < -0.4 is 11.1 Å². The maximum atomic E-state index is 13.4. The molecular formula is C13H13FN4S. The molecule has 0 bridgehead atoms. The number of nitrogens with two attached hydrogens (primary N) is 1. The number of rotatable bonds is 5. The Morgan fingerprint density at radius 3 is 2.84 bits per heavy atom. The second kappa shape index (κ2) is 6.19. The lowest BCUT2D eigenvalue weighted by molar-refractivity contribution is 0.610. The van der Waals surface area contributed by atoms with Crippen LogP contribution >= 0.6 is 12.2 Å². The monoisotopic (exact) mass is 276 g/mol. The summed E-state index contributed by atoms with van der Waals surface area (Å²) in [4.78, 5) is 0.253. The molecule has 0 spiro atoms. The molecule has 98 valence electrons. The molecule has 0 unspecified atom stereocenters. The van der Waals surface area contributed by atoms with Crippen LogP contribution in [0.5, 0.6) is 0 Å². The van der Waals surface area contributed by atoms with E-state index < -0.39 is 0 Å². The van der Waals surface area contributed by atoms with E-state index in [4.69, 9.17) is 18.0 Å². The van der Waals surface area contributed by atoms with Crippen LogP contribution in [-0.4, -0.2) is 21.7 Å². The molecule has 1 heterocycles. The van der Waals surface area contributed by atoms with Gasteiger partial charge in [0.15, 0.2) is 5.82 Å². The fourth-order valence-corrected chi connectivity index (χ4v) is 1.84. The standard InChI is InChI=1S/C13H13FN4S/c14-11-4-2-1-3-9(11)5-7-16-13-10(12(15)19)6-8-17-18-13/h1-4,6,8H,5,7H2,(H2,15,19)(H,16,18). The van der Waals surface area contributed by atoms with E-state index in [1.54, 1.807) is 24.3 Å². The molecule has 0 radical (unpaired) electrons. The molecule has 2 rings (SSSR count). The number of aromatic nitrogens is 2. The van der Waals surface area contributed by atoms with Gasteiger partial charge in [0, 0.05) is 6.54 Å². The summed E-state index contributed by atoms with van der Waals surface area (Å²) in [6, 6.07) is 8.36. The number of hydrogen-bond donors (Lipinski definition) is 2. The van der Waals surface area contributed by atoms with Crippen molar-refractivity contribution in [2.45, 2.75) is 6.42 Å². The molecule has 0 amide bonds. The second-order valence-corrected chi connectivity index (χ2v) is 4.37. The lowest BCUT2D eigenvalue weighted by Crippen LogP contribution is -2.16. The largest absolute Gasteiger partial charge is 0.389 e. The van der Waals surface area contributed by atoms with Crippen molar-refractivity contribution in [1.29, 1.82) is 0 Å². The van der Waals surface area contributed by atoms with Gasteiger partial charge in [-0.3, -0.25) is 0 Å². The normalized spacial score (nSPS) is 10.2. The van der Waals surface area contributed by atoms with Gasteiger partial charge in [0.2, 0.25) is 0 Å². The van der Waals surface area contributed by atoms with Crippen molar-refractivity contribution in [3.8, 4) is 0 Å². The lowest BCUT2D eigenvalue weighted by Gasteiger charge is -2.09. The first kappa shape index (κ1) is 13.4. The first-order valence-corrected chi connectivity index (χ1v) is 6.18. The fourth-order valence-electron chi connectivity index (χ4n) is 1.68. The Labute approximate surface area is 115 Å². The number of hydrogen-bond acceptors (Lipinski definition) is 4. The van der Waals surface area contributed by atoms with Crippen molar-refractivity contribution in [1.82, 2.24) is 10.2 Å². The number of anilines is 1. The van der Waals surface area contributed by atoms with Crippen LogP contribution in [0.4, 0.5) is 10.2 Å². The van der Waals surface area contributed by atoms with Gasteiger partial charge in [0.25, 0.3) is 0 Å². The van der Waals surface area contributed by atoms with Crippen molar-refractivity contribution < 1.29 is 4.39 Å². The molecule has 0 saturated heterocycles. The third-order valence-corrected chi connectivity index (χ3v) is 2.85. The Hall–Kier alpha value is -2.08. The SMILES string of the molecule is NC(=S)c1ccnnc1NCCc1ccccc1F. The summed E-state index contributed by atoms with van der Waals surface area (Å²) in [6.07, 6.45) is 2.07. The smallest absolute Gasteiger partial charge is 0.158 e. The number of thiocarbonyl (C=S) groups is 1. The molecule has 0 aliphatic carbocycles. The van der Waals surface area contributed by atoms with Gasteiger partial charge < -0.3 is 11.1 Å². The van der Waals surface area contributed by atoms with Gasteiger partial charge in [-0.2, -0.15) is 5.10 Å². The van der Waals surface area contributed by atoms with E-state index in [0.29, 0.717) is 29.9 Å². The van der Waals surface area contributed by atoms with Crippen molar-refractivity contribution in [2.75, 3.05) is 11.9 Å². The minimum atomic E-state index is -0.210. The van der Waals surface area contributed by atoms with E-state index in [9.17, 15) is 4.39 Å². The zero-order chi connectivity index (χ0) is 13.7. The average Bonchev–Trinajstić information content (AvgIpc) is 2.41. The fraction of sp³-hybridized carbons (Fsp3) is 0.154. The van der Waals surface area contributed by atoms with Gasteiger partial charge in [-0.15, -0.1) is 5.10 Å². The maximum absolute atomic E-state index is 13.4. The molecular weight excluding hydrogens is 263 g/mol. The van der Waals surface area contributed by atoms with Crippen molar-refractivity contribution in [3.05, 3.63) is 53.5 Å². The number of nitrogens with one attached hydrogen (secondary N) is 1. The quantitative estimate of drug-likeness (QED) is 0.817. The summed E-state index contributed by atoms with van der Waals surface area (Å²) < 4.78 is 13.4. The molecule has 0 saturated carbocycles. The summed E-state index contributed by atoms with van der Waals surface area (Å²) in [5.74, 6) is 0.310. The van der Waals surface area contributed by atoms with Crippen LogP contribution in [0.3, 0.4) is 0 Å². The van der Waals surface area contributed by atoms with E-state index in [0.717, 1.165) is 0 Å². The Morgan fingerprint density at radius 1 is 1.32 bits per heavy atom. The van der Waals surface area contributed by atoms with Crippen molar-refractivity contribution >= 4 is 23.0 Å². The van der Waals surface area contributed by atoms with Gasteiger partial charge in [-0.25, -0.2) is 4.39 Å². The molecule has 1 aromatic heterocycles. The zero-order valence-corrected chi connectivity index (χ0v) is 11.0. The molecule has 0 aliphatic rings. The van der Waals surface area contributed by atoms with Crippen molar-refractivity contribution in [2.24, 2.45) is 5.73 Å². The predicted molar refractivity (Wildman–Crippen MR) is 76.5 cm³/mol. The summed E-state index contributed by atoms with van der Waals surface area (Å²) >= 11 is 4.92. The minimum Gasteiger partial charge on any atom is -0.389 e. The molecule has 3 N–H and O–H groups in total. The molecule has 0 atom stereocenters. The van der Waals surface area contributed by atoms with E-state index in [1.807, 2.05) is 0 Å². The Bertz CT molecular complexity index is 588. The van der Waals surface area contributed by atoms with Gasteiger partial charge in [0.1, 0.15) is 10.8 Å². The highest BCUT2D eigenvalue weighted by Crippen LogP contribution is 2.11. The lowest BCUT2D eigenvalue weighted by atomic mass is 10.1. The highest BCUT2D eigenvalue weighted by Gasteiger charge is 2.06. The highest BCUT2D eigenvalue weighted by atomic mass is 32.1. The van der Waals surface area contributed by atoms with E-state index >= 15 is 0 Å². The molecule has 2 aromatic rings. The van der Waals surface area contributed by atoms with Crippen LogP contribution in [-0.2, 0) is 6.42 Å². The molecule has 19 heavy (non-hydrogen) atoms. The summed E-state index contributed by atoms with van der Waals surface area (Å²) in [6.45, 7) is 0.523. The van der Waals surface area contributed by atoms with Gasteiger partial charge in [-0.05, 0) is 24.1 Å². The Morgan fingerprint density at radius 2 is 2.11 bits per heavy atom. The van der Waals surface area contributed by atoms with Crippen molar-refractivity contribution in [3.63, 3.8) is 0 Å².